The second-order valence-electron chi connectivity index (χ2n) is 4.57. The molecule has 0 aliphatic heterocycles. The van der Waals surface area contributed by atoms with Gasteiger partial charge in [0.15, 0.2) is 0 Å². The van der Waals surface area contributed by atoms with E-state index in [9.17, 15) is 10.1 Å². The fourth-order valence-corrected chi connectivity index (χ4v) is 1.95. The lowest BCUT2D eigenvalue weighted by Crippen LogP contribution is -1.92. The van der Waals surface area contributed by atoms with Crippen molar-refractivity contribution in [3.8, 4) is 11.3 Å². The van der Waals surface area contributed by atoms with Crippen LogP contribution in [0.15, 0.2) is 52.5 Å². The SMILES string of the molecule is Cc1ccc(-c2ccc(C=Nn3cnnc3)o2)c([N+](=O)[O-])c1. The van der Waals surface area contributed by atoms with Crippen molar-refractivity contribution >= 4 is 11.9 Å². The highest BCUT2D eigenvalue weighted by molar-refractivity contribution is 5.78. The molecule has 0 bridgehead atoms. The summed E-state index contributed by atoms with van der Waals surface area (Å²) >= 11 is 0. The number of furan rings is 1. The molecule has 3 aromatic rings. The van der Waals surface area contributed by atoms with Gasteiger partial charge in [-0.3, -0.25) is 10.1 Å². The van der Waals surface area contributed by atoms with Gasteiger partial charge >= 0.3 is 0 Å². The van der Waals surface area contributed by atoms with Crippen molar-refractivity contribution in [3.63, 3.8) is 0 Å². The van der Waals surface area contributed by atoms with Crippen LogP contribution in [0.4, 0.5) is 5.69 Å². The van der Waals surface area contributed by atoms with Crippen molar-refractivity contribution in [1.29, 1.82) is 0 Å². The third-order valence-electron chi connectivity index (χ3n) is 2.97. The Balaban J connectivity index is 1.92. The van der Waals surface area contributed by atoms with Crippen LogP contribution < -0.4 is 0 Å². The molecule has 22 heavy (non-hydrogen) atoms. The highest BCUT2D eigenvalue weighted by atomic mass is 16.6. The molecule has 2 heterocycles. The smallest absolute Gasteiger partial charge is 0.280 e. The van der Waals surface area contributed by atoms with E-state index >= 15 is 0 Å². The average molecular weight is 297 g/mol. The summed E-state index contributed by atoms with van der Waals surface area (Å²) in [6.07, 6.45) is 4.35. The van der Waals surface area contributed by atoms with Gasteiger partial charge in [-0.25, -0.2) is 4.68 Å². The van der Waals surface area contributed by atoms with E-state index in [-0.39, 0.29) is 5.69 Å². The zero-order valence-corrected chi connectivity index (χ0v) is 11.6. The standard InChI is InChI=1S/C14H11N5O3/c1-10-2-4-12(13(6-10)19(20)21)14-5-3-11(22-14)7-17-18-8-15-16-9-18/h2-9H,1H3. The van der Waals surface area contributed by atoms with E-state index in [0.717, 1.165) is 5.56 Å². The molecule has 0 unspecified atom stereocenters. The van der Waals surface area contributed by atoms with Gasteiger partial charge in [-0.05, 0) is 30.7 Å². The summed E-state index contributed by atoms with van der Waals surface area (Å²) in [6.45, 7) is 1.80. The molecule has 0 aliphatic rings. The predicted octanol–water partition coefficient (Wildman–Crippen LogP) is 2.64. The Morgan fingerprint density at radius 3 is 2.77 bits per heavy atom. The molecule has 8 nitrogen and oxygen atoms in total. The summed E-state index contributed by atoms with van der Waals surface area (Å²) in [7, 11) is 0. The summed E-state index contributed by atoms with van der Waals surface area (Å²) in [5.41, 5.74) is 1.26. The molecule has 1 aromatic carbocycles. The number of hydrogen-bond donors (Lipinski definition) is 0. The minimum Gasteiger partial charge on any atom is -0.455 e. The maximum absolute atomic E-state index is 11.2. The van der Waals surface area contributed by atoms with Crippen molar-refractivity contribution in [3.05, 3.63) is 64.4 Å². The van der Waals surface area contributed by atoms with Crippen LogP contribution in [0.1, 0.15) is 11.3 Å². The van der Waals surface area contributed by atoms with Gasteiger partial charge in [0.05, 0.1) is 16.7 Å². The van der Waals surface area contributed by atoms with Crippen molar-refractivity contribution in [2.24, 2.45) is 5.10 Å². The fraction of sp³-hybridized carbons (Fsp3) is 0.0714. The lowest BCUT2D eigenvalue weighted by atomic mass is 10.1. The van der Waals surface area contributed by atoms with E-state index in [2.05, 4.69) is 15.3 Å². The van der Waals surface area contributed by atoms with Gasteiger partial charge in [-0.2, -0.15) is 5.10 Å². The molecule has 0 amide bonds. The minimum absolute atomic E-state index is 0.0108. The molecule has 0 radical (unpaired) electrons. The minimum atomic E-state index is -0.421. The van der Waals surface area contributed by atoms with Crippen molar-refractivity contribution in [2.45, 2.75) is 6.92 Å². The van der Waals surface area contributed by atoms with Crippen molar-refractivity contribution in [1.82, 2.24) is 14.9 Å². The van der Waals surface area contributed by atoms with Crippen LogP contribution in [-0.2, 0) is 0 Å². The monoisotopic (exact) mass is 297 g/mol. The number of aromatic nitrogens is 3. The molecule has 8 heteroatoms. The zero-order valence-electron chi connectivity index (χ0n) is 11.6. The molecule has 0 N–H and O–H groups in total. The average Bonchev–Trinajstić information content (AvgIpc) is 3.16. The van der Waals surface area contributed by atoms with Crippen LogP contribution in [0, 0.1) is 17.0 Å². The first-order valence-electron chi connectivity index (χ1n) is 6.38. The molecule has 2 aromatic heterocycles. The molecule has 0 fully saturated rings. The zero-order chi connectivity index (χ0) is 15.5. The van der Waals surface area contributed by atoms with E-state index < -0.39 is 4.92 Å². The maximum Gasteiger partial charge on any atom is 0.280 e. The van der Waals surface area contributed by atoms with Gasteiger partial charge in [0, 0.05) is 6.07 Å². The first-order valence-corrected chi connectivity index (χ1v) is 6.38. The third-order valence-corrected chi connectivity index (χ3v) is 2.97. The molecule has 0 saturated carbocycles. The highest BCUT2D eigenvalue weighted by Crippen LogP contribution is 2.31. The highest BCUT2D eigenvalue weighted by Gasteiger charge is 2.17. The first kappa shape index (κ1) is 13.7. The molecular weight excluding hydrogens is 286 g/mol. The Kier molecular flexibility index (Phi) is 3.48. The van der Waals surface area contributed by atoms with E-state index in [4.69, 9.17) is 4.42 Å². The molecule has 0 atom stereocenters. The number of nitrogens with zero attached hydrogens (tertiary/aromatic N) is 5. The Labute approximate surface area is 124 Å². The predicted molar refractivity (Wildman–Crippen MR) is 78.5 cm³/mol. The summed E-state index contributed by atoms with van der Waals surface area (Å²) in [6, 6.07) is 8.35. The number of hydrogen-bond acceptors (Lipinski definition) is 6. The van der Waals surface area contributed by atoms with E-state index in [1.807, 2.05) is 0 Å². The molecule has 110 valence electrons. The second kappa shape index (κ2) is 5.60. The largest absolute Gasteiger partial charge is 0.455 e. The Hall–Kier alpha value is -3.29. The molecule has 0 spiro atoms. The number of benzene rings is 1. The van der Waals surface area contributed by atoms with E-state index in [1.165, 1.54) is 29.6 Å². The van der Waals surface area contributed by atoms with Gasteiger partial charge in [0.1, 0.15) is 24.2 Å². The second-order valence-corrected chi connectivity index (χ2v) is 4.57. The van der Waals surface area contributed by atoms with Gasteiger partial charge in [0.2, 0.25) is 0 Å². The number of aryl methyl sites for hydroxylation is 1. The maximum atomic E-state index is 11.2. The molecule has 3 rings (SSSR count). The number of rotatable bonds is 4. The normalized spacial score (nSPS) is 11.1. The molecule has 0 saturated heterocycles. The lowest BCUT2D eigenvalue weighted by molar-refractivity contribution is -0.384. The van der Waals surface area contributed by atoms with Gasteiger partial charge in [0.25, 0.3) is 5.69 Å². The Morgan fingerprint density at radius 1 is 1.27 bits per heavy atom. The van der Waals surface area contributed by atoms with Crippen LogP contribution in [0.25, 0.3) is 11.3 Å². The van der Waals surface area contributed by atoms with E-state index in [0.29, 0.717) is 17.1 Å². The van der Waals surface area contributed by atoms with Gasteiger partial charge in [-0.15, -0.1) is 10.2 Å². The van der Waals surface area contributed by atoms with Gasteiger partial charge in [-0.1, -0.05) is 6.07 Å². The summed E-state index contributed by atoms with van der Waals surface area (Å²) in [4.78, 5) is 10.7. The number of nitro groups is 1. The molecule has 0 aliphatic carbocycles. The topological polar surface area (TPSA) is 99.3 Å². The van der Waals surface area contributed by atoms with Crippen molar-refractivity contribution in [2.75, 3.05) is 0 Å². The molecular formula is C14H11N5O3. The van der Waals surface area contributed by atoms with Gasteiger partial charge < -0.3 is 4.42 Å². The van der Waals surface area contributed by atoms with Crippen LogP contribution in [-0.4, -0.2) is 26.0 Å². The fourth-order valence-electron chi connectivity index (χ4n) is 1.95. The van der Waals surface area contributed by atoms with Crippen LogP contribution in [0.3, 0.4) is 0 Å². The van der Waals surface area contributed by atoms with Crippen LogP contribution in [0.5, 0.6) is 0 Å². The van der Waals surface area contributed by atoms with Crippen LogP contribution >= 0.6 is 0 Å². The van der Waals surface area contributed by atoms with Crippen LogP contribution in [0.2, 0.25) is 0 Å². The first-order chi connectivity index (χ1) is 10.6. The third kappa shape index (κ3) is 2.75. The summed E-state index contributed by atoms with van der Waals surface area (Å²) in [5.74, 6) is 0.885. The van der Waals surface area contributed by atoms with E-state index in [1.54, 1.807) is 31.2 Å². The quantitative estimate of drug-likeness (QED) is 0.418. The lowest BCUT2D eigenvalue weighted by Gasteiger charge is -2.00. The van der Waals surface area contributed by atoms with Crippen molar-refractivity contribution < 1.29 is 9.34 Å². The summed E-state index contributed by atoms with van der Waals surface area (Å²) in [5, 5.41) is 22.5. The number of nitro benzene ring substituents is 1. The Morgan fingerprint density at radius 2 is 2.05 bits per heavy atom. The summed E-state index contributed by atoms with van der Waals surface area (Å²) < 4.78 is 7.00. The Bertz CT molecular complexity index is 836.